The number of nitrogens with one attached hydrogen (secondary N) is 1. The molecule has 2 nitrogen and oxygen atoms in total. The Morgan fingerprint density at radius 2 is 2.00 bits per heavy atom. The molecule has 0 aliphatic carbocycles. The van der Waals surface area contributed by atoms with Gasteiger partial charge in [-0.15, -0.1) is 0 Å². The topological polar surface area (TPSA) is 15.3 Å². The summed E-state index contributed by atoms with van der Waals surface area (Å²) in [5.74, 6) is 0. The van der Waals surface area contributed by atoms with Gasteiger partial charge in [-0.1, -0.05) is 36.7 Å². The summed E-state index contributed by atoms with van der Waals surface area (Å²) >= 11 is 5.73. The molecule has 3 unspecified atom stereocenters. The molecule has 21 heavy (non-hydrogen) atoms. The number of rotatable bonds is 5. The van der Waals surface area contributed by atoms with Crippen LogP contribution >= 0.6 is 27.7 Å². The van der Waals surface area contributed by atoms with Gasteiger partial charge in [0, 0.05) is 39.8 Å². The summed E-state index contributed by atoms with van der Waals surface area (Å²) in [6.45, 7) is 12.5. The Labute approximate surface area is 142 Å². The van der Waals surface area contributed by atoms with E-state index in [0.717, 1.165) is 19.6 Å². The van der Waals surface area contributed by atoms with Gasteiger partial charge in [0.15, 0.2) is 0 Å². The van der Waals surface area contributed by atoms with Crippen molar-refractivity contribution in [1.82, 2.24) is 5.32 Å². The zero-order valence-corrected chi connectivity index (χ0v) is 15.9. The van der Waals surface area contributed by atoms with E-state index in [2.05, 4.69) is 83.8 Å². The Bertz CT molecular complexity index is 456. The van der Waals surface area contributed by atoms with Gasteiger partial charge in [0.2, 0.25) is 0 Å². The molecule has 1 aromatic rings. The Kier molecular flexibility index (Phi) is 6.45. The van der Waals surface area contributed by atoms with Crippen LogP contribution in [0, 0.1) is 0 Å². The van der Waals surface area contributed by atoms with Crippen molar-refractivity contribution < 1.29 is 0 Å². The molecule has 0 aromatic heterocycles. The van der Waals surface area contributed by atoms with Crippen LogP contribution in [0.3, 0.4) is 0 Å². The summed E-state index contributed by atoms with van der Waals surface area (Å²) < 4.78 is 1.17. The predicted molar refractivity (Wildman–Crippen MR) is 99.6 cm³/mol. The molecule has 1 aliphatic heterocycles. The van der Waals surface area contributed by atoms with Crippen molar-refractivity contribution in [2.75, 3.05) is 24.5 Å². The highest BCUT2D eigenvalue weighted by Gasteiger charge is 2.25. The van der Waals surface area contributed by atoms with Crippen molar-refractivity contribution in [3.8, 4) is 0 Å². The van der Waals surface area contributed by atoms with Crippen LogP contribution in [0.15, 0.2) is 22.7 Å². The first-order valence-corrected chi connectivity index (χ1v) is 9.68. The molecule has 3 atom stereocenters. The Morgan fingerprint density at radius 3 is 2.62 bits per heavy atom. The zero-order chi connectivity index (χ0) is 15.4. The van der Waals surface area contributed by atoms with Crippen LogP contribution in [-0.2, 0) is 0 Å². The van der Waals surface area contributed by atoms with Gasteiger partial charge in [0.05, 0.1) is 0 Å². The number of thioether (sulfide) groups is 1. The minimum absolute atomic E-state index is 0.387. The molecule has 1 aromatic carbocycles. The third-order valence-electron chi connectivity index (χ3n) is 3.92. The average Bonchev–Trinajstić information content (AvgIpc) is 2.43. The Morgan fingerprint density at radius 1 is 1.33 bits per heavy atom. The summed E-state index contributed by atoms with van der Waals surface area (Å²) in [6, 6.07) is 7.11. The lowest BCUT2D eigenvalue weighted by atomic mass is 10.0. The smallest absolute Gasteiger partial charge is 0.0416 e. The number of hydrogen-bond acceptors (Lipinski definition) is 3. The van der Waals surface area contributed by atoms with Crippen molar-refractivity contribution in [3.63, 3.8) is 0 Å². The standard InChI is InChI=1S/C17H27BrN2S/c1-5-8-19-14(4)16-9-15(18)6-7-17(16)20-10-12(2)21-13(3)11-20/h6-7,9,12-14,19H,5,8,10-11H2,1-4H3. The first-order valence-electron chi connectivity index (χ1n) is 7.94. The molecule has 1 saturated heterocycles. The maximum absolute atomic E-state index is 3.63. The van der Waals surface area contributed by atoms with E-state index < -0.39 is 0 Å². The molecule has 4 heteroatoms. The summed E-state index contributed by atoms with van der Waals surface area (Å²) in [5, 5.41) is 5.02. The molecule has 0 radical (unpaired) electrons. The van der Waals surface area contributed by atoms with Crippen LogP contribution in [0.5, 0.6) is 0 Å². The second-order valence-electron chi connectivity index (χ2n) is 6.04. The molecule has 1 aliphatic rings. The van der Waals surface area contributed by atoms with E-state index in [4.69, 9.17) is 0 Å². The minimum Gasteiger partial charge on any atom is -0.369 e. The van der Waals surface area contributed by atoms with Crippen LogP contribution in [0.25, 0.3) is 0 Å². The van der Waals surface area contributed by atoms with Crippen molar-refractivity contribution >= 4 is 33.4 Å². The molecule has 1 fully saturated rings. The highest BCUT2D eigenvalue weighted by atomic mass is 79.9. The fourth-order valence-electron chi connectivity index (χ4n) is 3.01. The molecule has 2 rings (SSSR count). The molecule has 0 bridgehead atoms. The Hall–Kier alpha value is -0.190. The summed E-state index contributed by atoms with van der Waals surface area (Å²) in [5.41, 5.74) is 2.80. The molecular weight excluding hydrogens is 344 g/mol. The number of hydrogen-bond donors (Lipinski definition) is 1. The lowest BCUT2D eigenvalue weighted by molar-refractivity contribution is 0.568. The summed E-state index contributed by atoms with van der Waals surface area (Å²) in [4.78, 5) is 2.57. The third-order valence-corrected chi connectivity index (χ3v) is 5.64. The van der Waals surface area contributed by atoms with Crippen molar-refractivity contribution in [3.05, 3.63) is 28.2 Å². The average molecular weight is 371 g/mol. The monoisotopic (exact) mass is 370 g/mol. The quantitative estimate of drug-likeness (QED) is 0.797. The number of halogens is 1. The molecule has 0 spiro atoms. The van der Waals surface area contributed by atoms with Crippen LogP contribution in [0.1, 0.15) is 45.7 Å². The minimum atomic E-state index is 0.387. The zero-order valence-electron chi connectivity index (χ0n) is 13.5. The number of nitrogens with zero attached hydrogens (tertiary/aromatic N) is 1. The van der Waals surface area contributed by atoms with E-state index in [-0.39, 0.29) is 0 Å². The lowest BCUT2D eigenvalue weighted by Crippen LogP contribution is -2.41. The molecule has 0 amide bonds. The maximum Gasteiger partial charge on any atom is 0.0416 e. The van der Waals surface area contributed by atoms with E-state index in [1.54, 1.807) is 0 Å². The van der Waals surface area contributed by atoms with Gasteiger partial charge in [-0.3, -0.25) is 0 Å². The SMILES string of the molecule is CCCNC(C)c1cc(Br)ccc1N1CC(C)SC(C)C1. The number of anilines is 1. The highest BCUT2D eigenvalue weighted by molar-refractivity contribution is 9.10. The van der Waals surface area contributed by atoms with Gasteiger partial charge in [-0.05, 0) is 43.7 Å². The fourth-order valence-corrected chi connectivity index (χ4v) is 4.71. The van der Waals surface area contributed by atoms with Crippen LogP contribution < -0.4 is 10.2 Å². The van der Waals surface area contributed by atoms with Crippen LogP contribution in [-0.4, -0.2) is 30.1 Å². The maximum atomic E-state index is 3.63. The first-order chi connectivity index (χ1) is 10.0. The van der Waals surface area contributed by atoms with E-state index >= 15 is 0 Å². The van der Waals surface area contributed by atoms with Crippen LogP contribution in [0.2, 0.25) is 0 Å². The van der Waals surface area contributed by atoms with E-state index in [1.165, 1.54) is 22.1 Å². The third kappa shape index (κ3) is 4.64. The molecular formula is C17H27BrN2S. The fraction of sp³-hybridized carbons (Fsp3) is 0.647. The largest absolute Gasteiger partial charge is 0.369 e. The first kappa shape index (κ1) is 17.2. The van der Waals surface area contributed by atoms with Gasteiger partial charge < -0.3 is 10.2 Å². The van der Waals surface area contributed by atoms with E-state index in [0.29, 0.717) is 16.5 Å². The van der Waals surface area contributed by atoms with E-state index in [9.17, 15) is 0 Å². The second kappa shape index (κ2) is 7.89. The van der Waals surface area contributed by atoms with Gasteiger partial charge in [0.1, 0.15) is 0 Å². The molecule has 1 heterocycles. The van der Waals surface area contributed by atoms with Gasteiger partial charge in [-0.25, -0.2) is 0 Å². The van der Waals surface area contributed by atoms with Crippen molar-refractivity contribution in [2.24, 2.45) is 0 Å². The lowest BCUT2D eigenvalue weighted by Gasteiger charge is -2.38. The predicted octanol–water partition coefficient (Wildman–Crippen LogP) is 4.84. The van der Waals surface area contributed by atoms with Gasteiger partial charge in [0.25, 0.3) is 0 Å². The second-order valence-corrected chi connectivity index (χ2v) is 8.84. The normalized spacial score (nSPS) is 24.1. The van der Waals surface area contributed by atoms with Gasteiger partial charge >= 0.3 is 0 Å². The van der Waals surface area contributed by atoms with Crippen LogP contribution in [0.4, 0.5) is 5.69 Å². The molecule has 0 saturated carbocycles. The Balaban J connectivity index is 2.25. The van der Waals surface area contributed by atoms with Gasteiger partial charge in [-0.2, -0.15) is 11.8 Å². The summed E-state index contributed by atoms with van der Waals surface area (Å²) in [6.07, 6.45) is 1.17. The van der Waals surface area contributed by atoms with Crippen molar-refractivity contribution in [2.45, 2.75) is 50.7 Å². The summed E-state index contributed by atoms with van der Waals surface area (Å²) in [7, 11) is 0. The number of benzene rings is 1. The highest BCUT2D eigenvalue weighted by Crippen LogP contribution is 2.34. The van der Waals surface area contributed by atoms with Crippen molar-refractivity contribution in [1.29, 1.82) is 0 Å². The molecule has 118 valence electrons. The molecule has 1 N–H and O–H groups in total. The van der Waals surface area contributed by atoms with E-state index in [1.807, 2.05) is 0 Å².